The zero-order chi connectivity index (χ0) is 18.7. The van der Waals surface area contributed by atoms with Crippen molar-refractivity contribution in [3.8, 4) is 5.69 Å². The molecule has 0 aliphatic carbocycles. The maximum Gasteiger partial charge on any atom is 0.252 e. The van der Waals surface area contributed by atoms with Crippen molar-refractivity contribution < 1.29 is 13.2 Å². The van der Waals surface area contributed by atoms with Crippen LogP contribution in [0.2, 0.25) is 0 Å². The molecule has 1 aromatic heterocycles. The highest BCUT2D eigenvalue weighted by Gasteiger charge is 2.18. The lowest BCUT2D eigenvalue weighted by molar-refractivity contribution is 0.0946. The van der Waals surface area contributed by atoms with Crippen LogP contribution < -0.4 is 5.32 Å². The van der Waals surface area contributed by atoms with E-state index in [-0.39, 0.29) is 17.0 Å². The highest BCUT2D eigenvalue weighted by molar-refractivity contribution is 7.90. The summed E-state index contributed by atoms with van der Waals surface area (Å²) in [7, 11) is -3.51. The fourth-order valence-corrected chi connectivity index (χ4v) is 3.32. The quantitative estimate of drug-likeness (QED) is 0.724. The van der Waals surface area contributed by atoms with Gasteiger partial charge in [0.2, 0.25) is 0 Å². The van der Waals surface area contributed by atoms with E-state index in [0.717, 1.165) is 17.5 Å². The van der Waals surface area contributed by atoms with Gasteiger partial charge >= 0.3 is 0 Å². The SMILES string of the molecule is Cc1ccc(-n2nnnc2CNC(=O)c2ccccc2S(C)(=O)=O)cc1. The average molecular weight is 371 g/mol. The third-order valence-corrected chi connectivity index (χ3v) is 4.91. The largest absolute Gasteiger partial charge is 0.345 e. The lowest BCUT2D eigenvalue weighted by Gasteiger charge is -2.09. The number of hydrogen-bond donors (Lipinski definition) is 1. The van der Waals surface area contributed by atoms with E-state index in [1.165, 1.54) is 16.8 Å². The Hall–Kier alpha value is -3.07. The summed E-state index contributed by atoms with van der Waals surface area (Å²) in [6.07, 6.45) is 1.07. The zero-order valence-corrected chi connectivity index (χ0v) is 15.1. The maximum atomic E-state index is 12.4. The summed E-state index contributed by atoms with van der Waals surface area (Å²) in [4.78, 5) is 12.4. The molecule has 0 saturated carbocycles. The molecule has 0 atom stereocenters. The second-order valence-electron chi connectivity index (χ2n) is 5.79. The third kappa shape index (κ3) is 3.77. The highest BCUT2D eigenvalue weighted by Crippen LogP contribution is 2.15. The monoisotopic (exact) mass is 371 g/mol. The summed E-state index contributed by atoms with van der Waals surface area (Å²) in [5, 5.41) is 14.2. The molecule has 1 heterocycles. The van der Waals surface area contributed by atoms with Crippen LogP contribution in [0.4, 0.5) is 0 Å². The lowest BCUT2D eigenvalue weighted by Crippen LogP contribution is -2.26. The van der Waals surface area contributed by atoms with E-state index in [4.69, 9.17) is 0 Å². The van der Waals surface area contributed by atoms with Crippen molar-refractivity contribution >= 4 is 15.7 Å². The number of aromatic nitrogens is 4. The molecule has 0 saturated heterocycles. The Balaban J connectivity index is 1.80. The van der Waals surface area contributed by atoms with Crippen LogP contribution in [0.25, 0.3) is 5.69 Å². The van der Waals surface area contributed by atoms with Gasteiger partial charge in [-0.2, -0.15) is 4.68 Å². The van der Waals surface area contributed by atoms with E-state index in [1.54, 1.807) is 12.1 Å². The lowest BCUT2D eigenvalue weighted by atomic mass is 10.2. The fraction of sp³-hybridized carbons (Fsp3) is 0.176. The second-order valence-corrected chi connectivity index (χ2v) is 7.78. The van der Waals surface area contributed by atoms with Gasteiger partial charge in [-0.25, -0.2) is 8.42 Å². The Bertz CT molecular complexity index is 1040. The highest BCUT2D eigenvalue weighted by atomic mass is 32.2. The zero-order valence-electron chi connectivity index (χ0n) is 14.2. The molecule has 0 aliphatic heterocycles. The van der Waals surface area contributed by atoms with E-state index in [1.807, 2.05) is 31.2 Å². The molecule has 8 nitrogen and oxygen atoms in total. The molecule has 0 radical (unpaired) electrons. The van der Waals surface area contributed by atoms with Crippen molar-refractivity contribution in [1.29, 1.82) is 0 Å². The predicted octanol–water partition coefficient (Wildman–Crippen LogP) is 1.30. The van der Waals surface area contributed by atoms with Gasteiger partial charge < -0.3 is 5.32 Å². The van der Waals surface area contributed by atoms with Crippen molar-refractivity contribution in [1.82, 2.24) is 25.5 Å². The molecule has 3 aromatic rings. The van der Waals surface area contributed by atoms with Gasteiger partial charge in [0.15, 0.2) is 15.7 Å². The number of tetrazole rings is 1. The summed E-state index contributed by atoms with van der Waals surface area (Å²) in [5.74, 6) is -0.0801. The number of sulfone groups is 1. The first-order valence-corrected chi connectivity index (χ1v) is 9.67. The molecule has 1 N–H and O–H groups in total. The molecule has 0 unspecified atom stereocenters. The number of hydrogen-bond acceptors (Lipinski definition) is 6. The predicted molar refractivity (Wildman–Crippen MR) is 94.6 cm³/mol. The van der Waals surface area contributed by atoms with Gasteiger partial charge in [0.25, 0.3) is 5.91 Å². The minimum absolute atomic E-state index is 0.0179. The number of aryl methyl sites for hydroxylation is 1. The van der Waals surface area contributed by atoms with Crippen LogP contribution in [0.3, 0.4) is 0 Å². The van der Waals surface area contributed by atoms with Crippen molar-refractivity contribution in [2.24, 2.45) is 0 Å². The number of benzene rings is 2. The summed E-state index contributed by atoms with van der Waals surface area (Å²) in [6, 6.07) is 13.7. The van der Waals surface area contributed by atoms with E-state index < -0.39 is 15.7 Å². The normalized spacial score (nSPS) is 11.3. The van der Waals surface area contributed by atoms with Gasteiger partial charge in [0.05, 0.1) is 22.7 Å². The van der Waals surface area contributed by atoms with E-state index in [0.29, 0.717) is 5.82 Å². The van der Waals surface area contributed by atoms with Gasteiger partial charge in [-0.1, -0.05) is 29.8 Å². The van der Waals surface area contributed by atoms with Crippen LogP contribution >= 0.6 is 0 Å². The van der Waals surface area contributed by atoms with Crippen LogP contribution in [0.15, 0.2) is 53.4 Å². The van der Waals surface area contributed by atoms with E-state index in [9.17, 15) is 13.2 Å². The second kappa shape index (κ2) is 7.04. The summed E-state index contributed by atoms with van der Waals surface area (Å²) in [6.45, 7) is 2.03. The summed E-state index contributed by atoms with van der Waals surface area (Å²) < 4.78 is 25.2. The topological polar surface area (TPSA) is 107 Å². The molecule has 0 bridgehead atoms. The molecule has 3 rings (SSSR count). The number of rotatable bonds is 5. The summed E-state index contributed by atoms with van der Waals surface area (Å²) in [5.41, 5.74) is 1.96. The molecular weight excluding hydrogens is 354 g/mol. The van der Waals surface area contributed by atoms with Crippen LogP contribution in [0.1, 0.15) is 21.7 Å². The standard InChI is InChI=1S/C17H17N5O3S/c1-12-7-9-13(10-8-12)22-16(19-20-21-22)11-18-17(23)14-5-3-4-6-15(14)26(2,24)25/h3-10H,11H2,1-2H3,(H,18,23). The van der Waals surface area contributed by atoms with Crippen LogP contribution in [0, 0.1) is 6.92 Å². The summed E-state index contributed by atoms with van der Waals surface area (Å²) >= 11 is 0. The minimum Gasteiger partial charge on any atom is -0.345 e. The van der Waals surface area contributed by atoms with Crippen LogP contribution in [0.5, 0.6) is 0 Å². The molecule has 1 amide bonds. The van der Waals surface area contributed by atoms with Crippen LogP contribution in [-0.2, 0) is 16.4 Å². The third-order valence-electron chi connectivity index (χ3n) is 3.75. The number of carbonyl (C=O) groups is 1. The first-order chi connectivity index (χ1) is 12.4. The number of nitrogens with one attached hydrogen (secondary N) is 1. The molecule has 0 fully saturated rings. The Morgan fingerprint density at radius 3 is 2.50 bits per heavy atom. The van der Waals surface area contributed by atoms with Gasteiger partial charge in [0, 0.05) is 6.26 Å². The van der Waals surface area contributed by atoms with Crippen molar-refractivity contribution in [2.45, 2.75) is 18.4 Å². The Morgan fingerprint density at radius 1 is 1.12 bits per heavy atom. The van der Waals surface area contributed by atoms with Gasteiger partial charge in [-0.3, -0.25) is 4.79 Å². The Morgan fingerprint density at radius 2 is 1.81 bits per heavy atom. The maximum absolute atomic E-state index is 12.4. The Labute approximate surface area is 150 Å². The molecule has 0 spiro atoms. The molecule has 2 aromatic carbocycles. The molecule has 134 valence electrons. The Kier molecular flexibility index (Phi) is 4.81. The van der Waals surface area contributed by atoms with E-state index in [2.05, 4.69) is 20.8 Å². The molecule has 26 heavy (non-hydrogen) atoms. The molecule has 9 heteroatoms. The number of amides is 1. The van der Waals surface area contributed by atoms with Gasteiger partial charge in [-0.05, 0) is 41.6 Å². The van der Waals surface area contributed by atoms with Crippen LogP contribution in [-0.4, -0.2) is 40.8 Å². The van der Waals surface area contributed by atoms with Crippen molar-refractivity contribution in [3.05, 3.63) is 65.5 Å². The first kappa shape index (κ1) is 17.7. The minimum atomic E-state index is -3.51. The first-order valence-electron chi connectivity index (χ1n) is 7.78. The number of nitrogens with zero attached hydrogens (tertiary/aromatic N) is 4. The van der Waals surface area contributed by atoms with Crippen molar-refractivity contribution in [2.75, 3.05) is 6.26 Å². The van der Waals surface area contributed by atoms with Crippen molar-refractivity contribution in [3.63, 3.8) is 0 Å². The number of carbonyl (C=O) groups excluding carboxylic acids is 1. The molecule has 0 aliphatic rings. The fourth-order valence-electron chi connectivity index (χ4n) is 2.43. The van der Waals surface area contributed by atoms with E-state index >= 15 is 0 Å². The molecular formula is C17H17N5O3S. The van der Waals surface area contributed by atoms with Gasteiger partial charge in [0.1, 0.15) is 0 Å². The van der Waals surface area contributed by atoms with Gasteiger partial charge in [-0.15, -0.1) is 5.10 Å². The average Bonchev–Trinajstić information content (AvgIpc) is 3.08. The smallest absolute Gasteiger partial charge is 0.252 e.